The molecule has 0 saturated heterocycles. The number of rotatable bonds is 4. The first-order valence-corrected chi connectivity index (χ1v) is 5.90. The summed E-state index contributed by atoms with van der Waals surface area (Å²) < 4.78 is 0. The Morgan fingerprint density at radius 3 is 2.38 bits per heavy atom. The van der Waals surface area contributed by atoms with Gasteiger partial charge in [-0.2, -0.15) is 0 Å². The van der Waals surface area contributed by atoms with Crippen LogP contribution in [0, 0.1) is 0 Å². The number of nitrogens with two attached hydrogens (primary N) is 1. The second kappa shape index (κ2) is 5.30. The fraction of sp³-hybridized carbons (Fsp3) is 0.455. The van der Waals surface area contributed by atoms with Crippen molar-refractivity contribution in [3.8, 4) is 0 Å². The third kappa shape index (κ3) is 3.05. The van der Waals surface area contributed by atoms with Gasteiger partial charge < -0.3 is 5.73 Å². The molecule has 1 atom stereocenters. The summed E-state index contributed by atoms with van der Waals surface area (Å²) in [7, 11) is 0. The van der Waals surface area contributed by atoms with Gasteiger partial charge in [0.1, 0.15) is 0 Å². The van der Waals surface area contributed by atoms with E-state index in [9.17, 15) is 0 Å². The Kier molecular flexibility index (Phi) is 4.33. The first kappa shape index (κ1) is 10.6. The molecule has 0 aliphatic heterocycles. The van der Waals surface area contributed by atoms with E-state index in [1.165, 1.54) is 10.5 Å². The number of hydrogen-bond acceptors (Lipinski definition) is 2. The molecule has 0 spiro atoms. The Morgan fingerprint density at radius 2 is 1.92 bits per heavy atom. The van der Waals surface area contributed by atoms with Crippen LogP contribution in [0.5, 0.6) is 0 Å². The molecule has 0 fully saturated rings. The molecular weight excluding hydrogens is 178 g/mol. The first-order valence-electron chi connectivity index (χ1n) is 4.67. The summed E-state index contributed by atoms with van der Waals surface area (Å²) in [5.74, 6) is 0. The normalized spacial score (nSPS) is 12.8. The SMILES string of the molecule is CCC[C@H](N)c1ccc(SC)cc1. The zero-order valence-corrected chi connectivity index (χ0v) is 9.10. The van der Waals surface area contributed by atoms with Crippen LogP contribution in [-0.2, 0) is 0 Å². The first-order chi connectivity index (χ1) is 6.27. The van der Waals surface area contributed by atoms with Gasteiger partial charge in [0, 0.05) is 10.9 Å². The molecule has 0 amide bonds. The van der Waals surface area contributed by atoms with E-state index in [4.69, 9.17) is 5.73 Å². The molecule has 1 aromatic carbocycles. The number of benzene rings is 1. The fourth-order valence-electron chi connectivity index (χ4n) is 1.33. The largest absolute Gasteiger partial charge is 0.324 e. The fourth-order valence-corrected chi connectivity index (χ4v) is 1.74. The van der Waals surface area contributed by atoms with Crippen LogP contribution < -0.4 is 5.73 Å². The molecule has 72 valence electrons. The van der Waals surface area contributed by atoms with E-state index in [2.05, 4.69) is 37.4 Å². The summed E-state index contributed by atoms with van der Waals surface area (Å²) in [5, 5.41) is 0. The molecule has 0 aliphatic rings. The Morgan fingerprint density at radius 1 is 1.31 bits per heavy atom. The molecule has 0 unspecified atom stereocenters. The van der Waals surface area contributed by atoms with E-state index in [0.29, 0.717) is 0 Å². The van der Waals surface area contributed by atoms with Crippen molar-refractivity contribution in [3.05, 3.63) is 29.8 Å². The summed E-state index contributed by atoms with van der Waals surface area (Å²) in [6, 6.07) is 8.74. The van der Waals surface area contributed by atoms with Gasteiger partial charge >= 0.3 is 0 Å². The van der Waals surface area contributed by atoms with Crippen molar-refractivity contribution >= 4 is 11.8 Å². The highest BCUT2D eigenvalue weighted by atomic mass is 32.2. The van der Waals surface area contributed by atoms with E-state index in [-0.39, 0.29) is 6.04 Å². The second-order valence-electron chi connectivity index (χ2n) is 3.17. The highest BCUT2D eigenvalue weighted by Gasteiger charge is 2.03. The van der Waals surface area contributed by atoms with Crippen molar-refractivity contribution in [2.24, 2.45) is 5.73 Å². The summed E-state index contributed by atoms with van der Waals surface area (Å²) in [4.78, 5) is 1.30. The van der Waals surface area contributed by atoms with Gasteiger partial charge in [-0.15, -0.1) is 11.8 Å². The van der Waals surface area contributed by atoms with Crippen LogP contribution in [-0.4, -0.2) is 6.26 Å². The lowest BCUT2D eigenvalue weighted by molar-refractivity contribution is 0.638. The van der Waals surface area contributed by atoms with E-state index in [1.54, 1.807) is 11.8 Å². The van der Waals surface area contributed by atoms with Crippen molar-refractivity contribution in [1.29, 1.82) is 0 Å². The predicted octanol–water partition coefficient (Wildman–Crippen LogP) is 3.21. The summed E-state index contributed by atoms with van der Waals surface area (Å²) >= 11 is 1.76. The molecule has 1 rings (SSSR count). The van der Waals surface area contributed by atoms with Crippen LogP contribution in [0.3, 0.4) is 0 Å². The highest BCUT2D eigenvalue weighted by Crippen LogP contribution is 2.20. The highest BCUT2D eigenvalue weighted by molar-refractivity contribution is 7.98. The van der Waals surface area contributed by atoms with Crippen LogP contribution in [0.25, 0.3) is 0 Å². The molecule has 0 heterocycles. The topological polar surface area (TPSA) is 26.0 Å². The molecule has 0 radical (unpaired) electrons. The van der Waals surface area contributed by atoms with Gasteiger partial charge in [-0.25, -0.2) is 0 Å². The molecule has 0 bridgehead atoms. The van der Waals surface area contributed by atoms with Gasteiger partial charge in [0.15, 0.2) is 0 Å². The number of hydrogen-bond donors (Lipinski definition) is 1. The molecular formula is C11H17NS. The Balaban J connectivity index is 2.67. The van der Waals surface area contributed by atoms with Gasteiger partial charge in [-0.05, 0) is 30.4 Å². The molecule has 2 N–H and O–H groups in total. The average Bonchev–Trinajstić information content (AvgIpc) is 2.18. The van der Waals surface area contributed by atoms with Crippen molar-refractivity contribution in [2.75, 3.05) is 6.26 Å². The smallest absolute Gasteiger partial charge is 0.0294 e. The molecule has 1 aromatic rings. The maximum Gasteiger partial charge on any atom is 0.0294 e. The third-order valence-corrected chi connectivity index (χ3v) is 2.89. The van der Waals surface area contributed by atoms with Crippen molar-refractivity contribution in [3.63, 3.8) is 0 Å². The predicted molar refractivity (Wildman–Crippen MR) is 60.1 cm³/mol. The lowest BCUT2D eigenvalue weighted by Crippen LogP contribution is -2.09. The van der Waals surface area contributed by atoms with E-state index < -0.39 is 0 Å². The minimum atomic E-state index is 0.209. The summed E-state index contributed by atoms with van der Waals surface area (Å²) in [6.45, 7) is 2.16. The molecule has 0 aliphatic carbocycles. The van der Waals surface area contributed by atoms with Crippen LogP contribution in [0.15, 0.2) is 29.2 Å². The van der Waals surface area contributed by atoms with Gasteiger partial charge in [0.25, 0.3) is 0 Å². The average molecular weight is 195 g/mol. The van der Waals surface area contributed by atoms with Crippen molar-refractivity contribution in [2.45, 2.75) is 30.7 Å². The van der Waals surface area contributed by atoms with Crippen LogP contribution >= 0.6 is 11.8 Å². The molecule has 1 nitrogen and oxygen atoms in total. The summed E-state index contributed by atoms with van der Waals surface area (Å²) in [5.41, 5.74) is 7.24. The molecule has 2 heteroatoms. The molecule has 0 saturated carbocycles. The van der Waals surface area contributed by atoms with Crippen LogP contribution in [0.4, 0.5) is 0 Å². The van der Waals surface area contributed by atoms with Crippen LogP contribution in [0.2, 0.25) is 0 Å². The minimum absolute atomic E-state index is 0.209. The Labute approximate surface area is 84.7 Å². The van der Waals surface area contributed by atoms with E-state index >= 15 is 0 Å². The summed E-state index contributed by atoms with van der Waals surface area (Å²) in [6.07, 6.45) is 4.30. The van der Waals surface area contributed by atoms with Gasteiger partial charge in [-0.1, -0.05) is 25.5 Å². The Hall–Kier alpha value is -0.470. The monoisotopic (exact) mass is 195 g/mol. The second-order valence-corrected chi connectivity index (χ2v) is 4.05. The van der Waals surface area contributed by atoms with E-state index in [0.717, 1.165) is 12.8 Å². The zero-order valence-electron chi connectivity index (χ0n) is 8.29. The molecule has 0 aromatic heterocycles. The van der Waals surface area contributed by atoms with Crippen molar-refractivity contribution < 1.29 is 0 Å². The maximum absolute atomic E-state index is 5.99. The maximum atomic E-state index is 5.99. The lowest BCUT2D eigenvalue weighted by atomic mass is 10.0. The lowest BCUT2D eigenvalue weighted by Gasteiger charge is -2.10. The minimum Gasteiger partial charge on any atom is -0.324 e. The quantitative estimate of drug-likeness (QED) is 0.747. The van der Waals surface area contributed by atoms with Gasteiger partial charge in [0.2, 0.25) is 0 Å². The van der Waals surface area contributed by atoms with Gasteiger partial charge in [-0.3, -0.25) is 0 Å². The van der Waals surface area contributed by atoms with E-state index in [1.807, 2.05) is 0 Å². The Bertz CT molecular complexity index is 243. The third-order valence-electron chi connectivity index (χ3n) is 2.14. The standard InChI is InChI=1S/C11H17NS/c1-3-4-11(12)9-5-7-10(13-2)8-6-9/h5-8,11H,3-4,12H2,1-2H3/t11-/m0/s1. The number of thioether (sulfide) groups is 1. The van der Waals surface area contributed by atoms with Gasteiger partial charge in [0.05, 0.1) is 0 Å². The zero-order chi connectivity index (χ0) is 9.68. The van der Waals surface area contributed by atoms with Crippen molar-refractivity contribution in [1.82, 2.24) is 0 Å². The van der Waals surface area contributed by atoms with Crippen LogP contribution in [0.1, 0.15) is 31.4 Å². The molecule has 13 heavy (non-hydrogen) atoms.